The van der Waals surface area contributed by atoms with Gasteiger partial charge in [-0.05, 0) is 12.8 Å². The molecule has 98 valence electrons. The molecule has 0 unspecified atom stereocenters. The number of primary amides is 1. The highest BCUT2D eigenvalue weighted by Gasteiger charge is 2.37. The number of hydrogen-bond acceptors (Lipinski definition) is 4. The lowest BCUT2D eigenvalue weighted by Gasteiger charge is -2.29. The van der Waals surface area contributed by atoms with Crippen molar-refractivity contribution >= 4 is 11.8 Å². The second-order valence-corrected chi connectivity index (χ2v) is 4.58. The first-order valence-electron chi connectivity index (χ1n) is 6.01. The fourth-order valence-corrected chi connectivity index (χ4v) is 2.21. The topological polar surface area (TPSA) is 107 Å². The standard InChI is InChI=1S/C11H21N3O3/c12-8-11(5-3-1-2-4-6-11)10(16)14-17-7-9(13)15/h1-8,12H2,(H2,13,15)(H,14,16). The Kier molecular flexibility index (Phi) is 5.37. The molecule has 0 atom stereocenters. The van der Waals surface area contributed by atoms with E-state index in [2.05, 4.69) is 5.48 Å². The van der Waals surface area contributed by atoms with E-state index in [1.54, 1.807) is 0 Å². The Hall–Kier alpha value is -1.14. The van der Waals surface area contributed by atoms with Gasteiger partial charge < -0.3 is 11.5 Å². The van der Waals surface area contributed by atoms with Crippen LogP contribution in [0.25, 0.3) is 0 Å². The maximum atomic E-state index is 12.0. The summed E-state index contributed by atoms with van der Waals surface area (Å²) in [6, 6.07) is 0. The molecule has 0 spiro atoms. The number of rotatable bonds is 5. The van der Waals surface area contributed by atoms with Crippen LogP contribution in [0.5, 0.6) is 0 Å². The van der Waals surface area contributed by atoms with E-state index in [0.717, 1.165) is 38.5 Å². The normalized spacial score (nSPS) is 19.4. The molecule has 1 aliphatic carbocycles. The number of carbonyl (C=O) groups is 2. The first kappa shape index (κ1) is 13.9. The van der Waals surface area contributed by atoms with Crippen molar-refractivity contribution < 1.29 is 14.4 Å². The minimum Gasteiger partial charge on any atom is -0.368 e. The summed E-state index contributed by atoms with van der Waals surface area (Å²) in [5.41, 5.74) is 12.4. The lowest BCUT2D eigenvalue weighted by atomic mass is 9.80. The zero-order valence-corrected chi connectivity index (χ0v) is 10.0. The van der Waals surface area contributed by atoms with E-state index in [9.17, 15) is 9.59 Å². The zero-order chi connectivity index (χ0) is 12.7. The highest BCUT2D eigenvalue weighted by Crippen LogP contribution is 2.34. The van der Waals surface area contributed by atoms with Crippen LogP contribution in [0.3, 0.4) is 0 Å². The van der Waals surface area contributed by atoms with Gasteiger partial charge in [-0.1, -0.05) is 25.7 Å². The molecular weight excluding hydrogens is 222 g/mol. The molecular formula is C11H21N3O3. The molecule has 6 nitrogen and oxygen atoms in total. The van der Waals surface area contributed by atoms with Crippen molar-refractivity contribution in [1.29, 1.82) is 0 Å². The number of carbonyl (C=O) groups excluding carboxylic acids is 2. The highest BCUT2D eigenvalue weighted by atomic mass is 16.7. The Bertz CT molecular complexity index is 273. The zero-order valence-electron chi connectivity index (χ0n) is 10.0. The molecule has 17 heavy (non-hydrogen) atoms. The van der Waals surface area contributed by atoms with E-state index in [1.807, 2.05) is 0 Å². The van der Waals surface area contributed by atoms with Gasteiger partial charge in [0.05, 0.1) is 5.41 Å². The second-order valence-electron chi connectivity index (χ2n) is 4.58. The average molecular weight is 243 g/mol. The Balaban J connectivity index is 2.52. The van der Waals surface area contributed by atoms with Crippen LogP contribution in [0.15, 0.2) is 0 Å². The van der Waals surface area contributed by atoms with Crippen LogP contribution in [0, 0.1) is 5.41 Å². The molecule has 5 N–H and O–H groups in total. The van der Waals surface area contributed by atoms with Crippen LogP contribution in [-0.2, 0) is 14.4 Å². The van der Waals surface area contributed by atoms with Crippen molar-refractivity contribution in [3.05, 3.63) is 0 Å². The predicted octanol–water partition coefficient (Wildman–Crippen LogP) is -0.181. The molecule has 1 aliphatic rings. The first-order valence-corrected chi connectivity index (χ1v) is 6.01. The summed E-state index contributed by atoms with van der Waals surface area (Å²) >= 11 is 0. The number of hydrogen-bond donors (Lipinski definition) is 3. The summed E-state index contributed by atoms with van der Waals surface area (Å²) < 4.78 is 0. The molecule has 0 aromatic carbocycles. The van der Waals surface area contributed by atoms with E-state index in [0.29, 0.717) is 6.54 Å². The number of amides is 2. The van der Waals surface area contributed by atoms with Gasteiger partial charge in [-0.3, -0.25) is 14.4 Å². The summed E-state index contributed by atoms with van der Waals surface area (Å²) in [7, 11) is 0. The molecule has 0 heterocycles. The third kappa shape index (κ3) is 3.98. The fourth-order valence-electron chi connectivity index (χ4n) is 2.21. The third-order valence-electron chi connectivity index (χ3n) is 3.31. The van der Waals surface area contributed by atoms with Crippen LogP contribution in [0.4, 0.5) is 0 Å². The second kappa shape index (κ2) is 6.56. The van der Waals surface area contributed by atoms with Crippen molar-refractivity contribution in [2.75, 3.05) is 13.2 Å². The maximum absolute atomic E-state index is 12.0. The fraction of sp³-hybridized carbons (Fsp3) is 0.818. The molecule has 1 fully saturated rings. The van der Waals surface area contributed by atoms with Crippen LogP contribution in [0.2, 0.25) is 0 Å². The van der Waals surface area contributed by atoms with Crippen molar-refractivity contribution in [2.24, 2.45) is 16.9 Å². The Morgan fingerprint density at radius 1 is 1.18 bits per heavy atom. The van der Waals surface area contributed by atoms with Crippen molar-refractivity contribution in [2.45, 2.75) is 38.5 Å². The molecule has 6 heteroatoms. The van der Waals surface area contributed by atoms with E-state index < -0.39 is 11.3 Å². The molecule has 0 aromatic heterocycles. The molecule has 0 aromatic rings. The molecule has 0 saturated heterocycles. The van der Waals surface area contributed by atoms with Crippen LogP contribution >= 0.6 is 0 Å². The molecule has 2 amide bonds. The monoisotopic (exact) mass is 243 g/mol. The Morgan fingerprint density at radius 2 is 1.76 bits per heavy atom. The van der Waals surface area contributed by atoms with E-state index in [-0.39, 0.29) is 12.5 Å². The lowest BCUT2D eigenvalue weighted by molar-refractivity contribution is -0.147. The smallest absolute Gasteiger partial charge is 0.251 e. The van der Waals surface area contributed by atoms with Crippen molar-refractivity contribution in [3.8, 4) is 0 Å². The maximum Gasteiger partial charge on any atom is 0.251 e. The molecule has 0 bridgehead atoms. The van der Waals surface area contributed by atoms with Gasteiger partial charge in [-0.2, -0.15) is 0 Å². The van der Waals surface area contributed by atoms with E-state index in [4.69, 9.17) is 16.3 Å². The number of nitrogens with one attached hydrogen (secondary N) is 1. The average Bonchev–Trinajstić information content (AvgIpc) is 2.54. The van der Waals surface area contributed by atoms with Gasteiger partial charge in [0.1, 0.15) is 0 Å². The highest BCUT2D eigenvalue weighted by molar-refractivity contribution is 5.82. The van der Waals surface area contributed by atoms with Crippen molar-refractivity contribution in [1.82, 2.24) is 5.48 Å². The van der Waals surface area contributed by atoms with Crippen LogP contribution in [0.1, 0.15) is 38.5 Å². The summed E-state index contributed by atoms with van der Waals surface area (Å²) in [5, 5.41) is 0. The molecule has 0 radical (unpaired) electrons. The van der Waals surface area contributed by atoms with Gasteiger partial charge >= 0.3 is 0 Å². The SMILES string of the molecule is NCC1(C(=O)NOCC(N)=O)CCCCCC1. The lowest BCUT2D eigenvalue weighted by Crippen LogP contribution is -2.46. The molecule has 1 saturated carbocycles. The Labute approximate surface area is 101 Å². The summed E-state index contributed by atoms with van der Waals surface area (Å²) in [6.07, 6.45) is 5.82. The van der Waals surface area contributed by atoms with Crippen molar-refractivity contribution in [3.63, 3.8) is 0 Å². The molecule has 0 aliphatic heterocycles. The van der Waals surface area contributed by atoms with Gasteiger partial charge in [0.2, 0.25) is 5.91 Å². The van der Waals surface area contributed by atoms with Gasteiger partial charge in [0.15, 0.2) is 6.61 Å². The van der Waals surface area contributed by atoms with Gasteiger partial charge in [0.25, 0.3) is 5.91 Å². The first-order chi connectivity index (χ1) is 8.10. The predicted molar refractivity (Wildman–Crippen MR) is 62.5 cm³/mol. The van der Waals surface area contributed by atoms with Gasteiger partial charge in [-0.15, -0.1) is 0 Å². The van der Waals surface area contributed by atoms with E-state index in [1.165, 1.54) is 0 Å². The number of nitrogens with two attached hydrogens (primary N) is 2. The minimum absolute atomic E-state index is 0.233. The van der Waals surface area contributed by atoms with Crippen LogP contribution in [-0.4, -0.2) is 25.0 Å². The van der Waals surface area contributed by atoms with Gasteiger partial charge in [0, 0.05) is 6.54 Å². The Morgan fingerprint density at radius 3 is 2.24 bits per heavy atom. The van der Waals surface area contributed by atoms with Gasteiger partial charge in [-0.25, -0.2) is 5.48 Å². The molecule has 1 rings (SSSR count). The summed E-state index contributed by atoms with van der Waals surface area (Å²) in [4.78, 5) is 27.2. The number of hydroxylamine groups is 1. The van der Waals surface area contributed by atoms with E-state index >= 15 is 0 Å². The summed E-state index contributed by atoms with van der Waals surface area (Å²) in [5.74, 6) is -0.851. The summed E-state index contributed by atoms with van der Waals surface area (Å²) in [6.45, 7) is -0.00877. The van der Waals surface area contributed by atoms with Crippen LogP contribution < -0.4 is 16.9 Å². The third-order valence-corrected chi connectivity index (χ3v) is 3.31. The largest absolute Gasteiger partial charge is 0.368 e. The quantitative estimate of drug-likeness (QED) is 0.460. The minimum atomic E-state index is -0.618.